The van der Waals surface area contributed by atoms with Crippen molar-refractivity contribution in [1.29, 1.82) is 0 Å². The fourth-order valence-corrected chi connectivity index (χ4v) is 6.98. The van der Waals surface area contributed by atoms with Gasteiger partial charge in [0.25, 0.3) is 10.7 Å². The summed E-state index contributed by atoms with van der Waals surface area (Å²) in [5.41, 5.74) is -0.268. The molecule has 5 atom stereocenters. The molecular formula is C25H40N6O11PS+. The summed E-state index contributed by atoms with van der Waals surface area (Å²) < 4.78 is 37.5. The minimum Gasteiger partial charge on any atom is -0.459 e. The van der Waals surface area contributed by atoms with Crippen LogP contribution in [0, 0.1) is 0 Å². The van der Waals surface area contributed by atoms with Gasteiger partial charge in [0.1, 0.15) is 35.6 Å². The third-order valence-electron chi connectivity index (χ3n) is 7.21. The predicted molar refractivity (Wildman–Crippen MR) is 159 cm³/mol. The van der Waals surface area contributed by atoms with Gasteiger partial charge in [-0.25, -0.2) is 14.6 Å². The fraction of sp³-hybridized carbons (Fsp3) is 0.720. The number of anilines is 1. The molecule has 44 heavy (non-hydrogen) atoms. The lowest BCUT2D eigenvalue weighted by Gasteiger charge is -2.50. The second-order valence-corrected chi connectivity index (χ2v) is 15.2. The largest absolute Gasteiger partial charge is 0.459 e. The van der Waals surface area contributed by atoms with Crippen molar-refractivity contribution in [3.63, 3.8) is 0 Å². The number of thioether (sulfide) groups is 1. The summed E-state index contributed by atoms with van der Waals surface area (Å²) in [6, 6.07) is 0. The van der Waals surface area contributed by atoms with E-state index in [-0.39, 0.29) is 48.9 Å². The maximum Gasteiger partial charge on any atom is 0.406 e. The number of hydrogen-bond acceptors (Lipinski definition) is 14. The zero-order valence-electron chi connectivity index (χ0n) is 25.1. The number of fused-ring (bicyclic) bond motifs is 2. The molecule has 1 aliphatic carbocycles. The van der Waals surface area contributed by atoms with E-state index in [1.54, 1.807) is 20.8 Å². The number of hydrogen-bond donors (Lipinski definition) is 5. The van der Waals surface area contributed by atoms with Crippen molar-refractivity contribution in [2.45, 2.75) is 88.6 Å². The van der Waals surface area contributed by atoms with Gasteiger partial charge in [-0.05, 0) is 33.6 Å². The summed E-state index contributed by atoms with van der Waals surface area (Å²) in [6.07, 6.45) is -0.478. The maximum atomic E-state index is 13.7. The van der Waals surface area contributed by atoms with Crippen LogP contribution in [0.4, 0.5) is 5.95 Å². The van der Waals surface area contributed by atoms with Crippen LogP contribution in [0.3, 0.4) is 0 Å². The number of imidazole rings is 1. The van der Waals surface area contributed by atoms with E-state index in [1.807, 2.05) is 0 Å². The number of nitrogens with two attached hydrogens (primary N) is 1. The highest BCUT2D eigenvalue weighted by molar-refractivity contribution is 8.13. The standard InChI is InChI=1S/C25H39N6O11PS/c1-22(2,3)42-16(32)10-28-43(38,39-8-9-44-20(34)23(4,5)35)40-12-15-25(37)7-6-24(25,36)14(41-15)11-31-13-27-17-18(31)29-21(26)30-19(17)33/h13-15,35-37H,6-12H2,1-5H3,(H,28,38)(H3,26,29,30,33)/p+1/t14-,15+,24-,25+,43?/m0/s1. The van der Waals surface area contributed by atoms with Crippen LogP contribution in [0.5, 0.6) is 0 Å². The van der Waals surface area contributed by atoms with E-state index in [0.29, 0.717) is 0 Å². The molecule has 0 spiro atoms. The molecule has 0 aromatic carbocycles. The van der Waals surface area contributed by atoms with Crippen LogP contribution in [-0.2, 0) is 39.2 Å². The van der Waals surface area contributed by atoms with Crippen molar-refractivity contribution < 1.29 is 48.0 Å². The molecule has 2 fully saturated rings. The van der Waals surface area contributed by atoms with Crippen LogP contribution in [0.1, 0.15) is 47.5 Å². The van der Waals surface area contributed by atoms with Gasteiger partial charge in [-0.1, -0.05) is 11.8 Å². The van der Waals surface area contributed by atoms with Gasteiger partial charge >= 0.3 is 13.7 Å². The Morgan fingerprint density at radius 1 is 1.25 bits per heavy atom. The van der Waals surface area contributed by atoms with E-state index in [2.05, 4.69) is 20.0 Å². The van der Waals surface area contributed by atoms with Gasteiger partial charge in [-0.15, -0.1) is 0 Å². The number of carbonyl (C=O) groups excluding carboxylic acids is 2. The Hall–Kier alpha value is -2.41. The first-order chi connectivity index (χ1) is 20.3. The van der Waals surface area contributed by atoms with Gasteiger partial charge in [-0.3, -0.25) is 28.4 Å². The molecule has 2 aliphatic rings. The first-order valence-electron chi connectivity index (χ1n) is 13.9. The summed E-state index contributed by atoms with van der Waals surface area (Å²) >= 11 is 0.826. The van der Waals surface area contributed by atoms with Crippen LogP contribution in [0.2, 0.25) is 0 Å². The highest BCUT2D eigenvalue weighted by atomic mass is 32.2. The van der Waals surface area contributed by atoms with Crippen LogP contribution in [0.25, 0.3) is 11.2 Å². The molecule has 1 aliphatic heterocycles. The van der Waals surface area contributed by atoms with E-state index in [4.69, 9.17) is 29.4 Å². The Kier molecular flexibility index (Phi) is 9.72. The van der Waals surface area contributed by atoms with Crippen molar-refractivity contribution in [3.05, 3.63) is 16.7 Å². The highest BCUT2D eigenvalue weighted by Gasteiger charge is 2.71. The minimum atomic E-state index is -4.26. The van der Waals surface area contributed by atoms with Crippen molar-refractivity contribution in [2.75, 3.05) is 31.2 Å². The molecule has 17 nitrogen and oxygen atoms in total. The topological polar surface area (TPSA) is 253 Å². The average Bonchev–Trinajstić information content (AvgIpc) is 3.36. The number of aliphatic hydroxyl groups is 2. The third-order valence-corrected chi connectivity index (χ3v) is 9.91. The normalized spacial score (nSPS) is 26.6. The number of aromatic amines is 1. The number of nitrogens with zero attached hydrogens (tertiary/aromatic N) is 3. The van der Waals surface area contributed by atoms with E-state index in [9.17, 15) is 29.2 Å². The van der Waals surface area contributed by atoms with Crippen molar-refractivity contribution in [3.8, 4) is 0 Å². The second-order valence-electron chi connectivity index (χ2n) is 12.3. The number of ether oxygens (including phenoxy) is 2. The molecule has 2 aromatic heterocycles. The molecule has 0 amide bonds. The third kappa shape index (κ3) is 7.35. The van der Waals surface area contributed by atoms with Crippen molar-refractivity contribution in [2.24, 2.45) is 0 Å². The van der Waals surface area contributed by atoms with E-state index in [0.717, 1.165) is 11.8 Å². The van der Waals surface area contributed by atoms with Crippen LogP contribution >= 0.6 is 19.5 Å². The summed E-state index contributed by atoms with van der Waals surface area (Å²) in [5, 5.41) is 32.7. The quantitative estimate of drug-likeness (QED) is 0.0788. The second kappa shape index (κ2) is 12.4. The number of esters is 1. The molecule has 3 heterocycles. The van der Waals surface area contributed by atoms with Gasteiger partial charge in [0.2, 0.25) is 11.5 Å². The summed E-state index contributed by atoms with van der Waals surface area (Å²) in [7, 11) is -4.26. The Morgan fingerprint density at radius 3 is 2.52 bits per heavy atom. The fourth-order valence-electron chi connectivity index (χ4n) is 4.90. The number of nitrogens with one attached hydrogen (secondary N) is 2. The number of rotatable bonds is 13. The molecule has 4 rings (SSSR count). The average molecular weight is 664 g/mol. The van der Waals surface area contributed by atoms with Gasteiger partial charge in [0.15, 0.2) is 11.2 Å². The molecule has 1 saturated heterocycles. The smallest absolute Gasteiger partial charge is 0.406 e. The number of aromatic nitrogens is 4. The lowest BCUT2D eigenvalue weighted by molar-refractivity contribution is -0.215. The SMILES string of the molecule is CC(C)(C)OC(=O)CNP(=O)(OCCSC(=O)C(C)(C)[OH2+])OC[C@H]1O[C@@H](Cn2cnc3c(=O)[nH]c(N)nc32)[C@@]2(O)CC[C@@]12O. The summed E-state index contributed by atoms with van der Waals surface area (Å²) in [4.78, 5) is 47.1. The Balaban J connectivity index is 1.45. The van der Waals surface area contributed by atoms with E-state index in [1.165, 1.54) is 24.7 Å². The number of carbonyl (C=O) groups is 2. The Bertz CT molecular complexity index is 1500. The molecule has 0 bridgehead atoms. The zero-order chi connectivity index (χ0) is 32.7. The lowest BCUT2D eigenvalue weighted by Crippen LogP contribution is -2.68. The molecule has 2 aromatic rings. The van der Waals surface area contributed by atoms with Gasteiger partial charge in [-0.2, -0.15) is 4.98 Å². The van der Waals surface area contributed by atoms with Crippen molar-refractivity contribution in [1.82, 2.24) is 24.6 Å². The first kappa shape index (κ1) is 34.5. The molecule has 0 radical (unpaired) electrons. The zero-order valence-corrected chi connectivity index (χ0v) is 26.8. The first-order valence-corrected chi connectivity index (χ1v) is 16.4. The molecule has 246 valence electrons. The highest BCUT2D eigenvalue weighted by Crippen LogP contribution is 2.55. The summed E-state index contributed by atoms with van der Waals surface area (Å²) in [5.74, 6) is -0.799. The molecule has 8 N–H and O–H groups in total. The molecule has 1 unspecified atom stereocenters. The van der Waals surface area contributed by atoms with E-state index >= 15 is 0 Å². The van der Waals surface area contributed by atoms with Crippen LogP contribution in [0.15, 0.2) is 11.1 Å². The Morgan fingerprint density at radius 2 is 1.91 bits per heavy atom. The van der Waals surface area contributed by atoms with E-state index < -0.39 is 72.2 Å². The van der Waals surface area contributed by atoms with Crippen molar-refractivity contribution >= 4 is 47.7 Å². The van der Waals surface area contributed by atoms with Gasteiger partial charge in [0.05, 0.1) is 26.1 Å². The van der Waals surface area contributed by atoms with Crippen LogP contribution in [-0.4, -0.2) is 106 Å². The number of H-pyrrole nitrogens is 1. The van der Waals surface area contributed by atoms with Crippen LogP contribution < -0.4 is 16.4 Å². The maximum absolute atomic E-state index is 13.7. The summed E-state index contributed by atoms with van der Waals surface area (Å²) in [6.45, 7) is 6.57. The predicted octanol–water partition coefficient (Wildman–Crippen LogP) is -0.439. The molecular weight excluding hydrogens is 623 g/mol. The monoisotopic (exact) mass is 663 g/mol. The molecule has 19 heteroatoms. The van der Waals surface area contributed by atoms with Gasteiger partial charge in [0, 0.05) is 19.6 Å². The van der Waals surface area contributed by atoms with Gasteiger partial charge < -0.3 is 35.1 Å². The molecule has 1 saturated carbocycles. The number of nitrogen functional groups attached to an aromatic ring is 1. The minimum absolute atomic E-state index is 0.0354. The Labute approximate surface area is 256 Å². The lowest BCUT2D eigenvalue weighted by atomic mass is 9.62.